The van der Waals surface area contributed by atoms with Gasteiger partial charge in [-0.15, -0.1) is 5.10 Å². The molecule has 0 bridgehead atoms. The van der Waals surface area contributed by atoms with Crippen LogP contribution < -0.4 is 0 Å². The Labute approximate surface area is 156 Å². The molecule has 1 N–H and O–H groups in total. The topological polar surface area (TPSA) is 104 Å². The number of nitrogens with zero attached hydrogens (tertiary/aromatic N) is 6. The molecule has 1 atom stereocenters. The molecule has 2 aliphatic heterocycles. The van der Waals surface area contributed by atoms with Crippen LogP contribution in [0.5, 0.6) is 0 Å². The predicted octanol–water partition coefficient (Wildman–Crippen LogP) is 0.916. The number of aliphatic carboxylic acids is 1. The SMILES string of the molecule is CCCN1CC2(CCN(C(=O)c3ccn4nnnc4c3)CC2)C[C@H]1C(=O)O. The molecule has 9 nitrogen and oxygen atoms in total. The first-order chi connectivity index (χ1) is 13.0. The van der Waals surface area contributed by atoms with Crippen LogP contribution in [0.15, 0.2) is 18.3 Å². The van der Waals surface area contributed by atoms with Crippen molar-refractivity contribution in [2.75, 3.05) is 26.2 Å². The lowest BCUT2D eigenvalue weighted by molar-refractivity contribution is -0.142. The number of likely N-dealkylation sites (tertiary alicyclic amines) is 2. The summed E-state index contributed by atoms with van der Waals surface area (Å²) in [5, 5.41) is 20.8. The van der Waals surface area contributed by atoms with Crippen molar-refractivity contribution in [2.24, 2.45) is 5.41 Å². The average molecular weight is 372 g/mol. The highest BCUT2D eigenvalue weighted by Crippen LogP contribution is 2.43. The van der Waals surface area contributed by atoms with Gasteiger partial charge in [0.1, 0.15) is 6.04 Å². The second-order valence-corrected chi connectivity index (χ2v) is 7.72. The minimum absolute atomic E-state index is 0.00981. The van der Waals surface area contributed by atoms with Crippen LogP contribution in [0.4, 0.5) is 0 Å². The van der Waals surface area contributed by atoms with Crippen LogP contribution in [0.1, 0.15) is 43.0 Å². The first-order valence-electron chi connectivity index (χ1n) is 9.45. The highest BCUT2D eigenvalue weighted by Gasteiger charge is 2.48. The van der Waals surface area contributed by atoms with E-state index in [-0.39, 0.29) is 11.3 Å². The minimum Gasteiger partial charge on any atom is -0.480 e. The Balaban J connectivity index is 1.43. The number of fused-ring (bicyclic) bond motifs is 1. The molecule has 0 aliphatic carbocycles. The fraction of sp³-hybridized carbons (Fsp3) is 0.611. The van der Waals surface area contributed by atoms with Gasteiger partial charge in [-0.1, -0.05) is 6.92 Å². The third kappa shape index (κ3) is 3.27. The van der Waals surface area contributed by atoms with Crippen LogP contribution in [0, 0.1) is 5.41 Å². The minimum atomic E-state index is -0.728. The van der Waals surface area contributed by atoms with Crippen molar-refractivity contribution >= 4 is 17.5 Å². The van der Waals surface area contributed by atoms with Gasteiger partial charge < -0.3 is 10.0 Å². The van der Waals surface area contributed by atoms with Gasteiger partial charge in [-0.25, -0.2) is 4.52 Å². The Morgan fingerprint density at radius 3 is 2.81 bits per heavy atom. The number of carbonyl (C=O) groups is 2. The number of carboxylic acid groups (broad SMARTS) is 1. The number of carbonyl (C=O) groups excluding carboxylic acids is 1. The number of piperidine rings is 1. The maximum Gasteiger partial charge on any atom is 0.320 e. The van der Waals surface area contributed by atoms with Crippen LogP contribution in [0.25, 0.3) is 5.65 Å². The van der Waals surface area contributed by atoms with E-state index in [0.717, 1.165) is 32.4 Å². The van der Waals surface area contributed by atoms with Crippen molar-refractivity contribution < 1.29 is 14.7 Å². The largest absolute Gasteiger partial charge is 0.480 e. The van der Waals surface area contributed by atoms with Crippen LogP contribution >= 0.6 is 0 Å². The zero-order valence-electron chi connectivity index (χ0n) is 15.4. The molecule has 144 valence electrons. The summed E-state index contributed by atoms with van der Waals surface area (Å²) < 4.78 is 1.52. The van der Waals surface area contributed by atoms with Crippen molar-refractivity contribution in [2.45, 2.75) is 38.6 Å². The number of carboxylic acids is 1. The van der Waals surface area contributed by atoms with Crippen molar-refractivity contribution in [1.29, 1.82) is 0 Å². The van der Waals surface area contributed by atoms with Gasteiger partial charge in [-0.3, -0.25) is 14.5 Å². The molecule has 2 aromatic rings. The Morgan fingerprint density at radius 1 is 1.33 bits per heavy atom. The van der Waals surface area contributed by atoms with Crippen LogP contribution in [0.3, 0.4) is 0 Å². The number of amides is 1. The fourth-order valence-electron chi connectivity index (χ4n) is 4.51. The third-order valence-electron chi connectivity index (χ3n) is 5.96. The van der Waals surface area contributed by atoms with E-state index in [2.05, 4.69) is 27.3 Å². The number of aromatic nitrogens is 4. The molecular weight excluding hydrogens is 348 g/mol. The zero-order chi connectivity index (χ0) is 19.0. The standard InChI is InChI=1S/C18H24N6O3/c1-2-6-23-12-18(11-14(23)17(26)27)4-8-22(9-5-18)16(25)13-3-7-24-15(10-13)19-20-21-24/h3,7,10,14H,2,4-6,8-9,11-12H2,1H3,(H,26,27)/t14-/m0/s1. The molecule has 0 radical (unpaired) electrons. The van der Waals surface area contributed by atoms with E-state index < -0.39 is 12.0 Å². The summed E-state index contributed by atoms with van der Waals surface area (Å²) in [6, 6.07) is 3.04. The van der Waals surface area contributed by atoms with E-state index in [1.54, 1.807) is 18.3 Å². The lowest BCUT2D eigenvalue weighted by atomic mass is 9.76. The van der Waals surface area contributed by atoms with Gasteiger partial charge in [0.05, 0.1) is 0 Å². The van der Waals surface area contributed by atoms with E-state index in [9.17, 15) is 14.7 Å². The molecule has 2 aliphatic rings. The number of rotatable bonds is 4. The molecule has 4 heterocycles. The monoisotopic (exact) mass is 372 g/mol. The number of hydrogen-bond acceptors (Lipinski definition) is 6. The summed E-state index contributed by atoms with van der Waals surface area (Å²) in [5.74, 6) is -0.748. The lowest BCUT2D eigenvalue weighted by Gasteiger charge is -2.39. The molecule has 1 spiro atoms. The van der Waals surface area contributed by atoms with Crippen LogP contribution in [-0.4, -0.2) is 79.0 Å². The molecule has 2 aromatic heterocycles. The molecule has 9 heteroatoms. The van der Waals surface area contributed by atoms with Crippen LogP contribution in [0.2, 0.25) is 0 Å². The van der Waals surface area contributed by atoms with Crippen LogP contribution in [-0.2, 0) is 4.79 Å². The highest BCUT2D eigenvalue weighted by atomic mass is 16.4. The first kappa shape index (κ1) is 17.8. The maximum absolute atomic E-state index is 12.9. The van der Waals surface area contributed by atoms with Crippen molar-refractivity contribution in [1.82, 2.24) is 29.8 Å². The van der Waals surface area contributed by atoms with Gasteiger partial charge in [0.2, 0.25) is 0 Å². The molecule has 0 saturated carbocycles. The van der Waals surface area contributed by atoms with Gasteiger partial charge >= 0.3 is 5.97 Å². The molecule has 0 unspecified atom stereocenters. The molecule has 4 rings (SSSR count). The summed E-state index contributed by atoms with van der Waals surface area (Å²) in [6.07, 6.45) is 5.01. The van der Waals surface area contributed by atoms with Crippen molar-refractivity contribution in [3.63, 3.8) is 0 Å². The van der Waals surface area contributed by atoms with Crippen molar-refractivity contribution in [3.8, 4) is 0 Å². The van der Waals surface area contributed by atoms with Gasteiger partial charge in [0, 0.05) is 31.4 Å². The second-order valence-electron chi connectivity index (χ2n) is 7.72. The fourth-order valence-corrected chi connectivity index (χ4v) is 4.51. The first-order valence-corrected chi connectivity index (χ1v) is 9.45. The third-order valence-corrected chi connectivity index (χ3v) is 5.96. The molecule has 2 fully saturated rings. The summed E-state index contributed by atoms with van der Waals surface area (Å²) in [5.41, 5.74) is 1.14. The molecular formula is C18H24N6O3. The Bertz CT molecular complexity index is 858. The number of hydrogen-bond donors (Lipinski definition) is 1. The summed E-state index contributed by atoms with van der Waals surface area (Å²) in [6.45, 7) is 5.01. The maximum atomic E-state index is 12.9. The number of pyridine rings is 1. The zero-order valence-corrected chi connectivity index (χ0v) is 15.4. The average Bonchev–Trinajstić information content (AvgIpc) is 3.26. The quantitative estimate of drug-likeness (QED) is 0.851. The second kappa shape index (κ2) is 6.88. The highest BCUT2D eigenvalue weighted by molar-refractivity contribution is 5.95. The van der Waals surface area contributed by atoms with E-state index in [1.165, 1.54) is 4.52 Å². The lowest BCUT2D eigenvalue weighted by Crippen LogP contribution is -2.44. The van der Waals surface area contributed by atoms with Gasteiger partial charge in [-0.2, -0.15) is 0 Å². The van der Waals surface area contributed by atoms with E-state index in [0.29, 0.717) is 30.7 Å². The van der Waals surface area contributed by atoms with E-state index >= 15 is 0 Å². The smallest absolute Gasteiger partial charge is 0.320 e. The van der Waals surface area contributed by atoms with E-state index in [1.807, 2.05) is 4.90 Å². The van der Waals surface area contributed by atoms with Gasteiger partial charge in [0.15, 0.2) is 5.65 Å². The Kier molecular flexibility index (Phi) is 4.55. The molecule has 1 amide bonds. The van der Waals surface area contributed by atoms with Gasteiger partial charge in [0.25, 0.3) is 5.91 Å². The molecule has 27 heavy (non-hydrogen) atoms. The summed E-state index contributed by atoms with van der Waals surface area (Å²) >= 11 is 0. The predicted molar refractivity (Wildman–Crippen MR) is 96.3 cm³/mol. The Morgan fingerprint density at radius 2 is 2.11 bits per heavy atom. The molecule has 0 aromatic carbocycles. The Hall–Kier alpha value is -2.55. The number of tetrazole rings is 1. The summed E-state index contributed by atoms with van der Waals surface area (Å²) in [4.78, 5) is 28.4. The normalized spacial score (nSPS) is 22.6. The molecule has 2 saturated heterocycles. The van der Waals surface area contributed by atoms with Gasteiger partial charge in [-0.05, 0) is 60.2 Å². The van der Waals surface area contributed by atoms with Crippen molar-refractivity contribution in [3.05, 3.63) is 23.9 Å². The summed E-state index contributed by atoms with van der Waals surface area (Å²) in [7, 11) is 0. The van der Waals surface area contributed by atoms with E-state index in [4.69, 9.17) is 0 Å².